The number of rotatable bonds is 25. The molecule has 3 heterocycles. The maximum Gasteiger partial charge on any atom is 0.340 e. The second-order valence-corrected chi connectivity index (χ2v) is 27.2. The Morgan fingerprint density at radius 1 is 0.263 bits per heavy atom. The van der Waals surface area contributed by atoms with Crippen molar-refractivity contribution in [3.63, 3.8) is 0 Å². The van der Waals surface area contributed by atoms with Gasteiger partial charge >= 0.3 is 17.9 Å². The molecule has 516 valence electrons. The van der Waals surface area contributed by atoms with Crippen molar-refractivity contribution >= 4 is 57.7 Å². The Labute approximate surface area is 589 Å². The van der Waals surface area contributed by atoms with Crippen molar-refractivity contribution in [3.8, 4) is 0 Å². The van der Waals surface area contributed by atoms with Crippen molar-refractivity contribution in [1.29, 1.82) is 0 Å². The van der Waals surface area contributed by atoms with E-state index in [2.05, 4.69) is 178 Å². The van der Waals surface area contributed by atoms with Crippen molar-refractivity contribution in [1.82, 2.24) is 0 Å². The topological polar surface area (TPSA) is 102 Å². The first-order valence-corrected chi connectivity index (χ1v) is 35.3. The fraction of sp³-hybridized carbons (Fsp3) is 0.337. The zero-order valence-corrected chi connectivity index (χ0v) is 60.8. The van der Waals surface area contributed by atoms with E-state index in [0.717, 1.165) is 105 Å². The smallest absolute Gasteiger partial charge is 0.340 e. The Hall–Kier alpha value is -10.0. The lowest BCUT2D eigenvalue weighted by molar-refractivity contribution is 0.0242. The third-order valence-corrected chi connectivity index (χ3v) is 19.5. The van der Waals surface area contributed by atoms with Gasteiger partial charge in [-0.2, -0.15) is 0 Å². The van der Waals surface area contributed by atoms with Crippen LogP contribution in [0.2, 0.25) is 0 Å². The van der Waals surface area contributed by atoms with Crippen LogP contribution in [0.1, 0.15) is 160 Å². The van der Waals surface area contributed by atoms with Gasteiger partial charge in [-0.1, -0.05) is 169 Å². The highest BCUT2D eigenvalue weighted by molar-refractivity contribution is 5.98. The van der Waals surface area contributed by atoms with E-state index in [0.29, 0.717) is 16.7 Å². The van der Waals surface area contributed by atoms with Crippen molar-refractivity contribution in [2.45, 2.75) is 95.9 Å². The van der Waals surface area contributed by atoms with E-state index >= 15 is 0 Å². The molecule has 3 aliphatic rings. The molecular formula is C86H101N7O6. The number of ether oxygens (including phenoxy) is 3. The zero-order chi connectivity index (χ0) is 70.6. The Balaban J connectivity index is 0.000000164. The summed E-state index contributed by atoms with van der Waals surface area (Å²) >= 11 is 0. The zero-order valence-electron chi connectivity index (χ0n) is 60.8. The maximum atomic E-state index is 13.2. The van der Waals surface area contributed by atoms with Crippen LogP contribution in [0.5, 0.6) is 0 Å². The van der Waals surface area contributed by atoms with Gasteiger partial charge in [0.2, 0.25) is 0 Å². The van der Waals surface area contributed by atoms with Gasteiger partial charge in [0, 0.05) is 187 Å². The molecule has 0 aromatic heterocycles. The standard InChI is InChI=1S/C36H48N2O2.C26H29N3O2.C24H24N2O2/c1-5-9-25-37(26-10-6-2)31-21-17-29(18-22-31)36(34-16-14-13-15-33(34)35(39)40-36)30-19-23-32(24-20-30)38(27-11-7-3)28-12-8-4;1-27(2)20-11-7-18(8-12-20)26(19-9-13-21(14-10-19)28(3)4)24-16-15-22(29(5)6)17-23(24)25(30)31-26;1-25(2)19-13-9-17(10-14-19)24(18-11-15-20(16-12-18)26(3)4)22-8-6-5-7-21(22)23(27)28-24/h13-24H,5-12,25-28H2,1-4H3;7-17H,1-6H3;5-16H,1-4H3. The monoisotopic (exact) mass is 1330 g/mol. The van der Waals surface area contributed by atoms with Gasteiger partial charge in [0.1, 0.15) is 0 Å². The molecule has 0 aliphatic carbocycles. The van der Waals surface area contributed by atoms with Crippen LogP contribution in [-0.4, -0.2) is 115 Å². The van der Waals surface area contributed by atoms with E-state index in [-0.39, 0.29) is 17.9 Å². The third kappa shape index (κ3) is 14.8. The lowest BCUT2D eigenvalue weighted by atomic mass is 9.79. The number of cyclic esters (lactones) is 3. The number of fused-ring (bicyclic) bond motifs is 3. The number of esters is 3. The van der Waals surface area contributed by atoms with E-state index in [1.807, 2.05) is 166 Å². The van der Waals surface area contributed by atoms with Crippen LogP contribution in [-0.2, 0) is 31.0 Å². The number of anilines is 7. The van der Waals surface area contributed by atoms with Crippen LogP contribution in [0, 0.1) is 0 Å². The molecule has 9 aromatic carbocycles. The van der Waals surface area contributed by atoms with E-state index < -0.39 is 16.8 Å². The summed E-state index contributed by atoms with van der Waals surface area (Å²) in [5.74, 6) is -0.847. The number of unbranched alkanes of at least 4 members (excludes halogenated alkanes) is 4. The molecule has 0 bridgehead atoms. The quantitative estimate of drug-likeness (QED) is 0.0401. The molecule has 0 saturated carbocycles. The summed E-state index contributed by atoms with van der Waals surface area (Å²) in [7, 11) is 20.0. The molecule has 3 aliphatic heterocycles. The number of benzene rings is 9. The Kier molecular flexibility index (Phi) is 23.0. The van der Waals surface area contributed by atoms with Crippen LogP contribution in [0.3, 0.4) is 0 Å². The van der Waals surface area contributed by atoms with Crippen molar-refractivity contribution in [2.24, 2.45) is 0 Å². The summed E-state index contributed by atoms with van der Waals surface area (Å²) in [6.07, 6.45) is 9.45. The first kappa shape index (κ1) is 71.8. The van der Waals surface area contributed by atoms with Gasteiger partial charge in [0.05, 0.1) is 16.7 Å². The predicted octanol–water partition coefficient (Wildman–Crippen LogP) is 17.6. The Bertz CT molecular complexity index is 3980. The van der Waals surface area contributed by atoms with Gasteiger partial charge in [-0.25, -0.2) is 14.4 Å². The molecule has 0 radical (unpaired) electrons. The van der Waals surface area contributed by atoms with Crippen molar-refractivity contribution in [2.75, 3.05) is 131 Å². The van der Waals surface area contributed by atoms with Crippen molar-refractivity contribution < 1.29 is 28.6 Å². The lowest BCUT2D eigenvalue weighted by Gasteiger charge is -2.32. The molecular weight excluding hydrogens is 1230 g/mol. The second-order valence-electron chi connectivity index (χ2n) is 27.2. The normalized spacial score (nSPS) is 14.0. The van der Waals surface area contributed by atoms with Crippen LogP contribution in [0.4, 0.5) is 39.8 Å². The molecule has 0 unspecified atom stereocenters. The Morgan fingerprint density at radius 2 is 0.485 bits per heavy atom. The van der Waals surface area contributed by atoms with Gasteiger partial charge in [-0.05, 0) is 123 Å². The summed E-state index contributed by atoms with van der Waals surface area (Å²) in [5, 5.41) is 0. The van der Waals surface area contributed by atoms with Crippen LogP contribution in [0.25, 0.3) is 0 Å². The van der Waals surface area contributed by atoms with Crippen molar-refractivity contribution in [3.05, 3.63) is 279 Å². The lowest BCUT2D eigenvalue weighted by Crippen LogP contribution is -2.30. The minimum atomic E-state index is -0.979. The average molecular weight is 1330 g/mol. The molecule has 0 spiro atoms. The molecule has 0 N–H and O–H groups in total. The Morgan fingerprint density at radius 3 is 0.737 bits per heavy atom. The van der Waals surface area contributed by atoms with E-state index in [1.165, 1.54) is 62.7 Å². The number of hydrogen-bond donors (Lipinski definition) is 0. The fourth-order valence-electron chi connectivity index (χ4n) is 13.7. The average Bonchev–Trinajstić information content (AvgIpc) is 1.61. The highest BCUT2D eigenvalue weighted by Crippen LogP contribution is 2.51. The highest BCUT2D eigenvalue weighted by atomic mass is 16.6. The van der Waals surface area contributed by atoms with E-state index in [1.54, 1.807) is 0 Å². The van der Waals surface area contributed by atoms with Crippen LogP contribution < -0.4 is 34.3 Å². The summed E-state index contributed by atoms with van der Waals surface area (Å²) in [5.41, 5.74) is 15.2. The van der Waals surface area contributed by atoms with Gasteiger partial charge in [0.25, 0.3) is 0 Å². The fourth-order valence-corrected chi connectivity index (χ4v) is 13.7. The summed E-state index contributed by atoms with van der Waals surface area (Å²) < 4.78 is 18.8. The molecule has 13 heteroatoms. The minimum Gasteiger partial charge on any atom is -0.441 e. The summed E-state index contributed by atoms with van der Waals surface area (Å²) in [4.78, 5) is 54.2. The number of hydrogen-bond acceptors (Lipinski definition) is 13. The number of carbonyl (C=O) groups is 3. The molecule has 0 amide bonds. The maximum absolute atomic E-state index is 13.2. The van der Waals surface area contributed by atoms with Gasteiger partial charge in [-0.3, -0.25) is 0 Å². The second kappa shape index (κ2) is 31.7. The SMILES string of the molecule is CCCCN(CCCC)c1ccc(C2(c3ccc(N(CCCC)CCCC)cc3)OC(=O)c3ccccc32)cc1.CN(C)c1ccc(C2(c3ccc(N(C)C)cc3)OC(=O)c3cc(N(C)C)ccc32)cc1.CN(C)c1ccc(C2(c3ccc(N(C)C)cc3)OC(=O)c3ccccc32)cc1. The predicted molar refractivity (Wildman–Crippen MR) is 410 cm³/mol. The largest absolute Gasteiger partial charge is 0.441 e. The summed E-state index contributed by atoms with van der Waals surface area (Å²) in [6.45, 7) is 13.2. The van der Waals surface area contributed by atoms with Gasteiger partial charge < -0.3 is 48.5 Å². The molecule has 12 rings (SSSR count). The molecule has 99 heavy (non-hydrogen) atoms. The third-order valence-electron chi connectivity index (χ3n) is 19.5. The van der Waals surface area contributed by atoms with E-state index in [4.69, 9.17) is 14.2 Å². The van der Waals surface area contributed by atoms with Gasteiger partial charge in [0.15, 0.2) is 16.8 Å². The minimum absolute atomic E-state index is 0.260. The summed E-state index contributed by atoms with van der Waals surface area (Å²) in [6, 6.07) is 71.9. The first-order chi connectivity index (χ1) is 47.7. The molecule has 0 atom stereocenters. The number of carbonyl (C=O) groups excluding carboxylic acids is 3. The molecule has 9 aromatic rings. The first-order valence-electron chi connectivity index (χ1n) is 35.3. The van der Waals surface area contributed by atoms with Crippen LogP contribution in [0.15, 0.2) is 212 Å². The molecule has 13 nitrogen and oxygen atoms in total. The molecule has 0 fully saturated rings. The van der Waals surface area contributed by atoms with Gasteiger partial charge in [-0.15, -0.1) is 0 Å². The van der Waals surface area contributed by atoms with Crippen LogP contribution >= 0.6 is 0 Å². The number of nitrogens with zero attached hydrogens (tertiary/aromatic N) is 7. The molecule has 0 saturated heterocycles. The highest BCUT2D eigenvalue weighted by Gasteiger charge is 2.51. The van der Waals surface area contributed by atoms with E-state index in [9.17, 15) is 14.4 Å².